The van der Waals surface area contributed by atoms with Gasteiger partial charge in [0, 0.05) is 10.6 Å². The molecular formula is C18H16ClN5O3. The number of primary amides is 2. The van der Waals surface area contributed by atoms with Crippen molar-refractivity contribution in [1.82, 2.24) is 9.78 Å². The van der Waals surface area contributed by atoms with E-state index in [0.29, 0.717) is 16.5 Å². The number of rotatable bonds is 5. The summed E-state index contributed by atoms with van der Waals surface area (Å²) >= 11 is 6.08. The average Bonchev–Trinajstić information content (AvgIpc) is 3.05. The largest absolute Gasteiger partial charge is 0.496 e. The molecule has 1 aromatic heterocycles. The Bertz CT molecular complexity index is 1010. The van der Waals surface area contributed by atoms with E-state index in [0.717, 1.165) is 11.1 Å². The van der Waals surface area contributed by atoms with Gasteiger partial charge in [-0.25, -0.2) is 9.48 Å². The maximum absolute atomic E-state index is 11.5. The molecule has 0 aliphatic heterocycles. The van der Waals surface area contributed by atoms with Crippen LogP contribution in [0.3, 0.4) is 0 Å². The van der Waals surface area contributed by atoms with Crippen molar-refractivity contribution < 1.29 is 14.3 Å². The predicted molar refractivity (Wildman–Crippen MR) is 102 cm³/mol. The van der Waals surface area contributed by atoms with Gasteiger partial charge in [-0.05, 0) is 35.9 Å². The normalized spacial score (nSPS) is 10.4. The number of amides is 3. The predicted octanol–water partition coefficient (Wildman–Crippen LogP) is 2.79. The minimum Gasteiger partial charge on any atom is -0.496 e. The van der Waals surface area contributed by atoms with Gasteiger partial charge in [-0.3, -0.25) is 4.79 Å². The number of halogens is 1. The molecule has 0 unspecified atom stereocenters. The van der Waals surface area contributed by atoms with Crippen molar-refractivity contribution in [3.8, 4) is 22.6 Å². The summed E-state index contributed by atoms with van der Waals surface area (Å²) in [5.41, 5.74) is 12.8. The van der Waals surface area contributed by atoms with Crippen molar-refractivity contribution in [3.63, 3.8) is 0 Å². The van der Waals surface area contributed by atoms with Gasteiger partial charge in [-0.1, -0.05) is 23.7 Å². The zero-order chi connectivity index (χ0) is 19.6. The zero-order valence-electron chi connectivity index (χ0n) is 14.3. The van der Waals surface area contributed by atoms with Gasteiger partial charge in [0.05, 0.1) is 24.7 Å². The van der Waals surface area contributed by atoms with Crippen LogP contribution in [0.5, 0.6) is 5.75 Å². The fourth-order valence-electron chi connectivity index (χ4n) is 2.61. The van der Waals surface area contributed by atoms with E-state index < -0.39 is 11.9 Å². The molecule has 0 fully saturated rings. The molecule has 0 aliphatic rings. The van der Waals surface area contributed by atoms with Crippen molar-refractivity contribution in [2.75, 3.05) is 12.4 Å². The average molecular weight is 386 g/mol. The summed E-state index contributed by atoms with van der Waals surface area (Å²) in [7, 11) is 1.59. The lowest BCUT2D eigenvalue weighted by atomic mass is 10.0. The molecule has 27 heavy (non-hydrogen) atoms. The highest BCUT2D eigenvalue weighted by atomic mass is 35.5. The number of urea groups is 1. The van der Waals surface area contributed by atoms with Crippen LogP contribution in [0, 0.1) is 0 Å². The SMILES string of the molecule is COc1ccc(Cl)cc1-c1ccc(-n2cc(NC(N)=O)c(C(N)=O)n2)cc1. The van der Waals surface area contributed by atoms with Gasteiger partial charge in [0.2, 0.25) is 0 Å². The first-order chi connectivity index (χ1) is 12.9. The van der Waals surface area contributed by atoms with Gasteiger partial charge >= 0.3 is 6.03 Å². The summed E-state index contributed by atoms with van der Waals surface area (Å²) in [6, 6.07) is 11.8. The molecule has 0 spiro atoms. The van der Waals surface area contributed by atoms with Crippen LogP contribution in [-0.4, -0.2) is 28.8 Å². The van der Waals surface area contributed by atoms with Crippen LogP contribution in [0.2, 0.25) is 5.02 Å². The number of benzene rings is 2. The Balaban J connectivity index is 1.98. The molecule has 3 aromatic rings. The maximum atomic E-state index is 11.5. The van der Waals surface area contributed by atoms with Gasteiger partial charge in [0.1, 0.15) is 5.75 Å². The topological polar surface area (TPSA) is 125 Å². The monoisotopic (exact) mass is 385 g/mol. The molecule has 0 aliphatic carbocycles. The molecule has 3 rings (SSSR count). The number of nitrogens with zero attached hydrogens (tertiary/aromatic N) is 2. The summed E-state index contributed by atoms with van der Waals surface area (Å²) < 4.78 is 6.79. The van der Waals surface area contributed by atoms with Crippen molar-refractivity contribution in [1.29, 1.82) is 0 Å². The van der Waals surface area contributed by atoms with E-state index in [4.69, 9.17) is 27.8 Å². The van der Waals surface area contributed by atoms with Crippen LogP contribution in [0.4, 0.5) is 10.5 Å². The first kappa shape index (κ1) is 18.3. The van der Waals surface area contributed by atoms with Crippen molar-refractivity contribution in [2.24, 2.45) is 11.5 Å². The Morgan fingerprint density at radius 3 is 2.44 bits per heavy atom. The van der Waals surface area contributed by atoms with Crippen LogP contribution < -0.4 is 21.5 Å². The van der Waals surface area contributed by atoms with Crippen LogP contribution in [0.1, 0.15) is 10.5 Å². The molecule has 138 valence electrons. The second-order valence-corrected chi connectivity index (χ2v) is 6.02. The molecule has 0 bridgehead atoms. The lowest BCUT2D eigenvalue weighted by Crippen LogP contribution is -2.22. The zero-order valence-corrected chi connectivity index (χ0v) is 15.0. The van der Waals surface area contributed by atoms with E-state index in [9.17, 15) is 9.59 Å². The van der Waals surface area contributed by atoms with Crippen LogP contribution >= 0.6 is 11.6 Å². The number of hydrogen-bond donors (Lipinski definition) is 3. The Morgan fingerprint density at radius 1 is 1.15 bits per heavy atom. The van der Waals surface area contributed by atoms with Gasteiger partial charge in [-0.2, -0.15) is 5.10 Å². The number of hydrogen-bond acceptors (Lipinski definition) is 4. The minimum absolute atomic E-state index is 0.0885. The number of nitrogens with one attached hydrogen (secondary N) is 1. The third kappa shape index (κ3) is 3.85. The number of ether oxygens (including phenoxy) is 1. The summed E-state index contributed by atoms with van der Waals surface area (Å²) in [6.07, 6.45) is 1.46. The summed E-state index contributed by atoms with van der Waals surface area (Å²) in [5, 5.41) is 7.03. The van der Waals surface area contributed by atoms with Crippen LogP contribution in [0.25, 0.3) is 16.8 Å². The molecule has 0 saturated heterocycles. The second kappa shape index (κ2) is 7.38. The first-order valence-corrected chi connectivity index (χ1v) is 8.17. The Kier molecular flexibility index (Phi) is 5.00. The van der Waals surface area contributed by atoms with E-state index in [2.05, 4.69) is 10.4 Å². The highest BCUT2D eigenvalue weighted by Gasteiger charge is 2.16. The third-order valence-corrected chi connectivity index (χ3v) is 4.04. The maximum Gasteiger partial charge on any atom is 0.316 e. The molecule has 1 heterocycles. The number of carbonyl (C=O) groups excluding carboxylic acids is 2. The molecule has 2 aromatic carbocycles. The van der Waals surface area contributed by atoms with Crippen LogP contribution in [0.15, 0.2) is 48.7 Å². The Hall–Kier alpha value is -3.52. The fraction of sp³-hybridized carbons (Fsp3) is 0.0556. The standard InChI is InChI=1S/C18H16ClN5O3/c1-27-15-7-4-11(19)8-13(15)10-2-5-12(6-3-10)24-9-14(22-18(21)26)16(23-24)17(20)25/h2-9H,1H3,(H2,20,25)(H3,21,22,26). The Morgan fingerprint density at radius 2 is 1.85 bits per heavy atom. The van der Waals surface area contributed by atoms with Gasteiger partial charge in [0.15, 0.2) is 5.69 Å². The molecule has 0 atom stereocenters. The lowest BCUT2D eigenvalue weighted by molar-refractivity contribution is 0.0996. The highest BCUT2D eigenvalue weighted by Crippen LogP contribution is 2.33. The number of aromatic nitrogens is 2. The molecule has 9 heteroatoms. The summed E-state index contributed by atoms with van der Waals surface area (Å²) in [6.45, 7) is 0. The second-order valence-electron chi connectivity index (χ2n) is 5.58. The van der Waals surface area contributed by atoms with E-state index in [1.54, 1.807) is 31.4 Å². The van der Waals surface area contributed by atoms with E-state index >= 15 is 0 Å². The number of nitrogens with two attached hydrogens (primary N) is 2. The molecule has 0 radical (unpaired) electrons. The molecular weight excluding hydrogens is 370 g/mol. The Labute approximate surface area is 159 Å². The van der Waals surface area contributed by atoms with E-state index in [1.165, 1.54) is 10.9 Å². The fourth-order valence-corrected chi connectivity index (χ4v) is 2.78. The van der Waals surface area contributed by atoms with E-state index in [1.807, 2.05) is 18.2 Å². The smallest absolute Gasteiger partial charge is 0.316 e. The van der Waals surface area contributed by atoms with E-state index in [-0.39, 0.29) is 11.4 Å². The van der Waals surface area contributed by atoms with Crippen molar-refractivity contribution >= 4 is 29.2 Å². The van der Waals surface area contributed by atoms with Crippen molar-refractivity contribution in [3.05, 3.63) is 59.4 Å². The van der Waals surface area contributed by atoms with Crippen molar-refractivity contribution in [2.45, 2.75) is 0 Å². The minimum atomic E-state index is -0.819. The lowest BCUT2D eigenvalue weighted by Gasteiger charge is -2.10. The number of anilines is 1. The summed E-state index contributed by atoms with van der Waals surface area (Å²) in [4.78, 5) is 22.6. The highest BCUT2D eigenvalue weighted by molar-refractivity contribution is 6.31. The van der Waals surface area contributed by atoms with Gasteiger partial charge in [-0.15, -0.1) is 0 Å². The molecule has 8 nitrogen and oxygen atoms in total. The third-order valence-electron chi connectivity index (χ3n) is 3.81. The first-order valence-electron chi connectivity index (χ1n) is 7.79. The van der Waals surface area contributed by atoms with Gasteiger partial charge < -0.3 is 21.5 Å². The molecule has 0 saturated carbocycles. The van der Waals surface area contributed by atoms with Crippen LogP contribution in [-0.2, 0) is 0 Å². The quantitative estimate of drug-likeness (QED) is 0.624. The molecule has 3 amide bonds. The number of carbonyl (C=O) groups is 2. The number of methoxy groups -OCH3 is 1. The molecule has 5 N–H and O–H groups in total. The van der Waals surface area contributed by atoms with Gasteiger partial charge in [0.25, 0.3) is 5.91 Å². The summed E-state index contributed by atoms with van der Waals surface area (Å²) in [5.74, 6) is -0.0898.